The number of unbranched alkanes of at least 4 members (excludes halogenated alkanes) is 1. The Bertz CT molecular complexity index is 699. The van der Waals surface area contributed by atoms with E-state index in [9.17, 15) is 9.59 Å². The van der Waals surface area contributed by atoms with Gasteiger partial charge in [0.25, 0.3) is 0 Å². The summed E-state index contributed by atoms with van der Waals surface area (Å²) in [6.07, 6.45) is 1.12. The van der Waals surface area contributed by atoms with Gasteiger partial charge in [-0.25, -0.2) is 4.79 Å². The summed E-state index contributed by atoms with van der Waals surface area (Å²) < 4.78 is 13.6. The predicted octanol–water partition coefficient (Wildman–Crippen LogP) is 4.91. The molecule has 1 aromatic rings. The molecular formula is C23H37NO4Si. The van der Waals surface area contributed by atoms with E-state index in [1.807, 2.05) is 41.8 Å². The van der Waals surface area contributed by atoms with E-state index in [1.165, 1.54) is 0 Å². The van der Waals surface area contributed by atoms with E-state index in [1.54, 1.807) is 0 Å². The highest BCUT2D eigenvalue weighted by Crippen LogP contribution is 2.43. The molecule has 1 saturated heterocycles. The summed E-state index contributed by atoms with van der Waals surface area (Å²) in [4.78, 5) is 25.6. The number of hydrogen-bond donors (Lipinski definition) is 0. The van der Waals surface area contributed by atoms with Gasteiger partial charge >= 0.3 is 5.97 Å². The lowest BCUT2D eigenvalue weighted by Gasteiger charge is -2.57. The molecule has 0 saturated carbocycles. The Labute approximate surface area is 176 Å². The van der Waals surface area contributed by atoms with Crippen LogP contribution >= 0.6 is 0 Å². The minimum absolute atomic E-state index is 0.0152. The second-order valence-electron chi connectivity index (χ2n) is 9.54. The molecule has 6 heteroatoms. The number of β-lactam (4-membered cyclic amide) rings is 1. The highest BCUT2D eigenvalue weighted by atomic mass is 28.3. The summed E-state index contributed by atoms with van der Waals surface area (Å²) in [5.74, 6) is -0.366. The van der Waals surface area contributed by atoms with E-state index in [-0.39, 0.29) is 29.6 Å². The van der Waals surface area contributed by atoms with Crippen molar-refractivity contribution in [3.63, 3.8) is 0 Å². The van der Waals surface area contributed by atoms with Gasteiger partial charge in [-0.2, -0.15) is 0 Å². The van der Waals surface area contributed by atoms with Crippen LogP contribution < -0.4 is 0 Å². The van der Waals surface area contributed by atoms with E-state index < -0.39 is 20.4 Å². The number of ether oxygens (including phenoxy) is 2. The van der Waals surface area contributed by atoms with Gasteiger partial charge in [0.2, 0.25) is 5.91 Å². The Kier molecular flexibility index (Phi) is 7.68. The first-order valence-electron chi connectivity index (χ1n) is 10.7. The molecule has 0 N–H and O–H groups in total. The molecule has 2 rings (SSSR count). The fourth-order valence-electron chi connectivity index (χ4n) is 3.54. The quantitative estimate of drug-likeness (QED) is 0.324. The summed E-state index contributed by atoms with van der Waals surface area (Å²) in [5.41, 5.74) is 0.937. The first-order chi connectivity index (χ1) is 13.5. The van der Waals surface area contributed by atoms with Gasteiger partial charge in [0.05, 0.1) is 6.04 Å². The Morgan fingerprint density at radius 3 is 2.34 bits per heavy atom. The average molecular weight is 420 g/mol. The molecule has 0 unspecified atom stereocenters. The maximum absolute atomic E-state index is 13.0. The molecule has 0 aliphatic carbocycles. The summed E-state index contributed by atoms with van der Waals surface area (Å²) in [6.45, 7) is 15.3. The van der Waals surface area contributed by atoms with E-state index in [0.717, 1.165) is 18.4 Å². The molecule has 5 nitrogen and oxygen atoms in total. The molecule has 1 aliphatic heterocycles. The third kappa shape index (κ3) is 5.28. The normalized spacial score (nSPS) is 20.9. The molecule has 0 aromatic heterocycles. The van der Waals surface area contributed by atoms with Crippen LogP contribution in [0.25, 0.3) is 0 Å². The number of carbonyl (C=O) groups is 2. The van der Waals surface area contributed by atoms with Crippen molar-refractivity contribution < 1.29 is 19.1 Å². The smallest absolute Gasteiger partial charge is 0.335 e. The van der Waals surface area contributed by atoms with Gasteiger partial charge in [0.1, 0.15) is 6.61 Å². The first kappa shape index (κ1) is 23.6. The van der Waals surface area contributed by atoms with E-state index in [4.69, 9.17) is 9.47 Å². The van der Waals surface area contributed by atoms with Crippen molar-refractivity contribution in [1.82, 2.24) is 4.57 Å². The number of rotatable bonds is 9. The summed E-state index contributed by atoms with van der Waals surface area (Å²) in [6, 6.07) is 9.58. The van der Waals surface area contributed by atoms with Crippen molar-refractivity contribution in [2.24, 2.45) is 0 Å². The van der Waals surface area contributed by atoms with Crippen LogP contribution in [0.1, 0.15) is 59.4 Å². The molecule has 1 aromatic carbocycles. The lowest BCUT2D eigenvalue weighted by atomic mass is 10.0. The largest absolute Gasteiger partial charge is 0.459 e. The number of esters is 1. The van der Waals surface area contributed by atoms with Gasteiger partial charge in [-0.3, -0.25) is 4.79 Å². The average Bonchev–Trinajstić information content (AvgIpc) is 2.66. The summed E-state index contributed by atoms with van der Waals surface area (Å²) >= 11 is 0. The van der Waals surface area contributed by atoms with Crippen LogP contribution in [0, 0.1) is 0 Å². The highest BCUT2D eigenvalue weighted by Gasteiger charge is 2.56. The first-order valence-corrected chi connectivity index (χ1v) is 13.6. The van der Waals surface area contributed by atoms with Gasteiger partial charge in [-0.05, 0) is 23.9 Å². The van der Waals surface area contributed by atoms with Gasteiger partial charge in [-0.1, -0.05) is 84.0 Å². The zero-order valence-electron chi connectivity index (χ0n) is 19.0. The van der Waals surface area contributed by atoms with E-state index in [2.05, 4.69) is 40.8 Å². The van der Waals surface area contributed by atoms with Gasteiger partial charge in [0.15, 0.2) is 20.4 Å². The number of amides is 1. The molecule has 3 atom stereocenters. The second-order valence-corrected chi connectivity index (χ2v) is 14.6. The topological polar surface area (TPSA) is 55.8 Å². The van der Waals surface area contributed by atoms with Crippen LogP contribution in [0.15, 0.2) is 30.3 Å². The number of hydrogen-bond acceptors (Lipinski definition) is 4. The van der Waals surface area contributed by atoms with Crippen molar-refractivity contribution in [3.8, 4) is 0 Å². The minimum Gasteiger partial charge on any atom is -0.459 e. The second kappa shape index (κ2) is 9.43. The fraction of sp³-hybridized carbons (Fsp3) is 0.652. The Balaban J connectivity index is 2.03. The van der Waals surface area contributed by atoms with Crippen molar-refractivity contribution in [1.29, 1.82) is 0 Å². The van der Waals surface area contributed by atoms with Crippen LogP contribution in [0.4, 0.5) is 0 Å². The molecule has 0 bridgehead atoms. The fourth-order valence-corrected chi connectivity index (χ4v) is 6.10. The number of carbonyl (C=O) groups excluding carboxylic acids is 2. The molecule has 0 radical (unpaired) electrons. The maximum Gasteiger partial charge on any atom is 0.335 e. The van der Waals surface area contributed by atoms with Gasteiger partial charge < -0.3 is 14.0 Å². The van der Waals surface area contributed by atoms with Crippen LogP contribution in [0.3, 0.4) is 0 Å². The summed E-state index contributed by atoms with van der Waals surface area (Å²) in [5, 5.41) is 0.0676. The number of nitrogens with zero attached hydrogens (tertiary/aromatic N) is 1. The third-order valence-electron chi connectivity index (χ3n) is 6.38. The van der Waals surface area contributed by atoms with Crippen LogP contribution in [0.5, 0.6) is 0 Å². The van der Waals surface area contributed by atoms with Crippen LogP contribution in [0.2, 0.25) is 18.1 Å². The molecule has 1 amide bonds. The highest BCUT2D eigenvalue weighted by molar-refractivity contribution is 6.80. The van der Waals surface area contributed by atoms with Crippen molar-refractivity contribution in [3.05, 3.63) is 35.9 Å². The Hall–Kier alpha value is -1.66. The zero-order valence-corrected chi connectivity index (χ0v) is 20.0. The van der Waals surface area contributed by atoms with Gasteiger partial charge in [0, 0.05) is 0 Å². The third-order valence-corrected chi connectivity index (χ3v) is 11.9. The predicted molar refractivity (Wildman–Crippen MR) is 118 cm³/mol. The van der Waals surface area contributed by atoms with Gasteiger partial charge in [-0.15, -0.1) is 0 Å². The molecule has 0 spiro atoms. The lowest BCUT2D eigenvalue weighted by molar-refractivity contribution is -0.182. The van der Waals surface area contributed by atoms with E-state index >= 15 is 0 Å². The molecule has 1 heterocycles. The van der Waals surface area contributed by atoms with Crippen LogP contribution in [-0.2, 0) is 25.7 Å². The van der Waals surface area contributed by atoms with Crippen molar-refractivity contribution >= 4 is 20.1 Å². The lowest BCUT2D eigenvalue weighted by Crippen LogP contribution is -2.75. The summed E-state index contributed by atoms with van der Waals surface area (Å²) in [7, 11) is -1.96. The zero-order chi connectivity index (χ0) is 21.8. The Morgan fingerprint density at radius 1 is 1.21 bits per heavy atom. The SMILES string of the molecule is CCCC[C@H](O[C@@H]1C(=O)N([Si](C)(C)C(C)(C)C)[C@H]1C)C(=O)OCc1ccccc1. The molecule has 1 fully saturated rings. The van der Waals surface area contributed by atoms with Crippen molar-refractivity contribution in [2.45, 2.75) is 96.9 Å². The monoisotopic (exact) mass is 419 g/mol. The minimum atomic E-state index is -1.96. The standard InChI is InChI=1S/C23H37NO4Si/c1-8-9-15-19(22(26)27-16-18-13-11-10-12-14-18)28-20-17(2)24(21(20)25)29(6,7)23(3,4)5/h10-14,17,19-20H,8-9,15-16H2,1-7H3/t17-,19-,20-/m0/s1. The molecule has 1 aliphatic rings. The molecule has 162 valence electrons. The van der Waals surface area contributed by atoms with E-state index in [0.29, 0.717) is 6.42 Å². The number of benzene rings is 1. The molecule has 29 heavy (non-hydrogen) atoms. The van der Waals surface area contributed by atoms with Crippen molar-refractivity contribution in [2.75, 3.05) is 0 Å². The molecular weight excluding hydrogens is 382 g/mol. The maximum atomic E-state index is 13.0. The van der Waals surface area contributed by atoms with Crippen LogP contribution in [-0.4, -0.2) is 42.9 Å². The Morgan fingerprint density at radius 2 is 1.83 bits per heavy atom.